The van der Waals surface area contributed by atoms with E-state index in [1.54, 1.807) is 20.8 Å². The Labute approximate surface area is 230 Å². The number of amides is 1. The summed E-state index contributed by atoms with van der Waals surface area (Å²) in [5, 5.41) is 0. The van der Waals surface area contributed by atoms with Crippen LogP contribution in [0.1, 0.15) is 37.5 Å². The number of aldehydes is 1. The number of carbonyl (C=O) groups is 2. The highest BCUT2D eigenvalue weighted by molar-refractivity contribution is 5.76. The second-order valence-electron chi connectivity index (χ2n) is 10.6. The van der Waals surface area contributed by atoms with Gasteiger partial charge in [0, 0.05) is 0 Å². The Hall–Kier alpha value is -3.52. The lowest BCUT2D eigenvalue weighted by Crippen LogP contribution is -2.49. The van der Waals surface area contributed by atoms with Crippen LogP contribution in [0.15, 0.2) is 91.0 Å². The molecular formula is C32H37NO6. The average Bonchev–Trinajstić information content (AvgIpc) is 3.23. The molecule has 1 aliphatic heterocycles. The summed E-state index contributed by atoms with van der Waals surface area (Å²) in [5.74, 6) is 0. The van der Waals surface area contributed by atoms with E-state index < -0.39 is 36.0 Å². The summed E-state index contributed by atoms with van der Waals surface area (Å²) in [7, 11) is 0. The van der Waals surface area contributed by atoms with Crippen LogP contribution in [0.4, 0.5) is 4.79 Å². The van der Waals surface area contributed by atoms with Gasteiger partial charge in [0.2, 0.25) is 0 Å². The number of ether oxygens (including phenoxy) is 4. The largest absolute Gasteiger partial charge is 0.444 e. The second-order valence-corrected chi connectivity index (χ2v) is 10.6. The molecule has 0 saturated carbocycles. The van der Waals surface area contributed by atoms with Gasteiger partial charge in [0.05, 0.1) is 32.5 Å². The van der Waals surface area contributed by atoms with Crippen LogP contribution >= 0.6 is 0 Å². The van der Waals surface area contributed by atoms with Gasteiger partial charge in [-0.1, -0.05) is 91.0 Å². The first-order valence-electron chi connectivity index (χ1n) is 13.2. The van der Waals surface area contributed by atoms with Crippen molar-refractivity contribution in [2.24, 2.45) is 0 Å². The molecule has 0 radical (unpaired) electrons. The number of benzene rings is 3. The molecule has 1 aliphatic rings. The van der Waals surface area contributed by atoms with Crippen LogP contribution in [-0.4, -0.2) is 53.8 Å². The molecule has 0 spiro atoms. The molecule has 1 fully saturated rings. The van der Waals surface area contributed by atoms with Crippen molar-refractivity contribution in [1.29, 1.82) is 0 Å². The Kier molecular flexibility index (Phi) is 9.87. The average molecular weight is 532 g/mol. The van der Waals surface area contributed by atoms with Crippen molar-refractivity contribution in [2.75, 3.05) is 6.61 Å². The molecule has 0 aliphatic carbocycles. The van der Waals surface area contributed by atoms with Gasteiger partial charge in [0.15, 0.2) is 0 Å². The maximum atomic E-state index is 13.5. The second kappa shape index (κ2) is 13.5. The van der Waals surface area contributed by atoms with Crippen LogP contribution < -0.4 is 0 Å². The molecule has 1 saturated heterocycles. The molecule has 39 heavy (non-hydrogen) atoms. The van der Waals surface area contributed by atoms with Gasteiger partial charge in [-0.05, 0) is 37.5 Å². The molecule has 0 aromatic heterocycles. The predicted molar refractivity (Wildman–Crippen MR) is 148 cm³/mol. The van der Waals surface area contributed by atoms with E-state index in [2.05, 4.69) is 0 Å². The maximum absolute atomic E-state index is 13.5. The van der Waals surface area contributed by atoms with Gasteiger partial charge in [-0.15, -0.1) is 0 Å². The first-order valence-corrected chi connectivity index (χ1v) is 13.2. The lowest BCUT2D eigenvalue weighted by atomic mass is 10.1. The van der Waals surface area contributed by atoms with Gasteiger partial charge in [-0.3, -0.25) is 4.90 Å². The zero-order chi connectivity index (χ0) is 27.7. The van der Waals surface area contributed by atoms with E-state index in [0.717, 1.165) is 23.0 Å². The summed E-state index contributed by atoms with van der Waals surface area (Å²) in [6.45, 7) is 6.44. The first kappa shape index (κ1) is 28.5. The fourth-order valence-electron chi connectivity index (χ4n) is 4.65. The monoisotopic (exact) mass is 531 g/mol. The minimum atomic E-state index is -0.908. The van der Waals surface area contributed by atoms with Gasteiger partial charge < -0.3 is 23.7 Å². The summed E-state index contributed by atoms with van der Waals surface area (Å²) in [6.07, 6.45) is -1.21. The molecular weight excluding hydrogens is 494 g/mol. The molecule has 0 N–H and O–H groups in total. The van der Waals surface area contributed by atoms with Gasteiger partial charge in [-0.25, -0.2) is 4.79 Å². The van der Waals surface area contributed by atoms with Gasteiger partial charge in [0.25, 0.3) is 0 Å². The zero-order valence-corrected chi connectivity index (χ0v) is 22.8. The van der Waals surface area contributed by atoms with E-state index in [9.17, 15) is 9.59 Å². The molecule has 4 atom stereocenters. The Balaban J connectivity index is 1.62. The molecule has 3 aromatic carbocycles. The highest BCUT2D eigenvalue weighted by atomic mass is 16.6. The van der Waals surface area contributed by atoms with E-state index in [-0.39, 0.29) is 13.2 Å². The van der Waals surface area contributed by atoms with Crippen LogP contribution in [0.3, 0.4) is 0 Å². The van der Waals surface area contributed by atoms with Crippen LogP contribution in [0.2, 0.25) is 0 Å². The topological polar surface area (TPSA) is 74.3 Å². The molecule has 7 heteroatoms. The number of hydrogen-bond donors (Lipinski definition) is 0. The summed E-state index contributed by atoms with van der Waals surface area (Å²) in [5.41, 5.74) is 2.19. The Morgan fingerprint density at radius 3 is 1.67 bits per heavy atom. The predicted octanol–water partition coefficient (Wildman–Crippen LogP) is 5.56. The van der Waals surface area contributed by atoms with Crippen LogP contribution in [0, 0.1) is 0 Å². The van der Waals surface area contributed by atoms with E-state index >= 15 is 0 Å². The van der Waals surface area contributed by atoms with Crippen LogP contribution in [0.5, 0.6) is 0 Å². The molecule has 7 nitrogen and oxygen atoms in total. The lowest BCUT2D eigenvalue weighted by molar-refractivity contribution is -0.119. The summed E-state index contributed by atoms with van der Waals surface area (Å²) >= 11 is 0. The molecule has 4 rings (SSSR count). The minimum absolute atomic E-state index is 0.142. The Morgan fingerprint density at radius 1 is 0.744 bits per heavy atom. The summed E-state index contributed by atoms with van der Waals surface area (Å²) < 4.78 is 24.6. The third kappa shape index (κ3) is 7.99. The SMILES string of the molecule is CC(C)(C)OC(=O)N1[C@H](C=O)[C@H](OCc2ccccc2)[C@H](OCc2ccccc2)[C@@H]1COCc1ccccc1. The number of hydrogen-bond acceptors (Lipinski definition) is 6. The third-order valence-corrected chi connectivity index (χ3v) is 6.43. The Bertz CT molecular complexity index is 1170. The smallest absolute Gasteiger partial charge is 0.411 e. The van der Waals surface area contributed by atoms with Crippen molar-refractivity contribution in [1.82, 2.24) is 4.90 Å². The van der Waals surface area contributed by atoms with Crippen molar-refractivity contribution in [3.8, 4) is 0 Å². The Morgan fingerprint density at radius 2 is 1.21 bits per heavy atom. The molecule has 206 valence electrons. The maximum Gasteiger partial charge on any atom is 0.411 e. The van der Waals surface area contributed by atoms with E-state index in [1.807, 2.05) is 91.0 Å². The first-order chi connectivity index (χ1) is 18.9. The van der Waals surface area contributed by atoms with Crippen molar-refractivity contribution < 1.29 is 28.5 Å². The number of nitrogens with zero attached hydrogens (tertiary/aromatic N) is 1. The normalized spacial score (nSPS) is 21.1. The number of rotatable bonds is 11. The van der Waals surface area contributed by atoms with Crippen molar-refractivity contribution >= 4 is 12.4 Å². The fraction of sp³-hybridized carbons (Fsp3) is 0.375. The van der Waals surface area contributed by atoms with E-state index in [1.165, 1.54) is 4.90 Å². The van der Waals surface area contributed by atoms with Crippen molar-refractivity contribution in [3.05, 3.63) is 108 Å². The molecule has 0 bridgehead atoms. The summed E-state index contributed by atoms with van der Waals surface area (Å²) in [4.78, 5) is 27.5. The standard InChI is InChI=1S/C32H37NO6/c1-32(2,3)39-31(35)33-27(19-34)29(37-21-25-15-9-5-10-16-25)30(38-22-26-17-11-6-12-18-26)28(33)23-36-20-24-13-7-4-8-14-24/h4-19,27-30H,20-23H2,1-3H3/t27-,28+,29+,30-/m1/s1. The van der Waals surface area contributed by atoms with Crippen molar-refractivity contribution in [2.45, 2.75) is 70.5 Å². The highest BCUT2D eigenvalue weighted by Gasteiger charge is 2.54. The quantitative estimate of drug-likeness (QED) is 0.302. The fourth-order valence-corrected chi connectivity index (χ4v) is 4.65. The molecule has 1 amide bonds. The number of likely N-dealkylation sites (tertiary alicyclic amines) is 1. The minimum Gasteiger partial charge on any atom is -0.444 e. The third-order valence-electron chi connectivity index (χ3n) is 6.43. The lowest BCUT2D eigenvalue weighted by Gasteiger charge is -2.31. The van der Waals surface area contributed by atoms with Crippen LogP contribution in [-0.2, 0) is 43.6 Å². The van der Waals surface area contributed by atoms with E-state index in [0.29, 0.717) is 13.2 Å². The van der Waals surface area contributed by atoms with Crippen molar-refractivity contribution in [3.63, 3.8) is 0 Å². The highest BCUT2D eigenvalue weighted by Crippen LogP contribution is 2.33. The molecule has 3 aromatic rings. The van der Waals surface area contributed by atoms with Gasteiger partial charge >= 0.3 is 6.09 Å². The van der Waals surface area contributed by atoms with Crippen LogP contribution in [0.25, 0.3) is 0 Å². The zero-order valence-electron chi connectivity index (χ0n) is 22.8. The number of carbonyl (C=O) groups excluding carboxylic acids is 2. The van der Waals surface area contributed by atoms with Gasteiger partial charge in [-0.2, -0.15) is 0 Å². The molecule has 1 heterocycles. The van der Waals surface area contributed by atoms with E-state index in [4.69, 9.17) is 18.9 Å². The molecule has 0 unspecified atom stereocenters. The van der Waals surface area contributed by atoms with Gasteiger partial charge in [0.1, 0.15) is 30.1 Å². The summed E-state index contributed by atoms with van der Waals surface area (Å²) in [6, 6.07) is 27.8.